The summed E-state index contributed by atoms with van der Waals surface area (Å²) in [4.78, 5) is 14.4. The number of benzene rings is 1. The number of nitrogens with one attached hydrogen (secondary N) is 1. The average molecular weight is 203 g/mol. The van der Waals surface area contributed by atoms with E-state index in [4.69, 9.17) is 0 Å². The molecule has 0 saturated carbocycles. The third-order valence-electron chi connectivity index (χ3n) is 2.98. The first-order chi connectivity index (χ1) is 7.02. The van der Waals surface area contributed by atoms with Crippen molar-refractivity contribution in [2.75, 3.05) is 0 Å². The summed E-state index contributed by atoms with van der Waals surface area (Å²) in [6.45, 7) is 5.52. The maximum absolute atomic E-state index is 11.6. The van der Waals surface area contributed by atoms with Gasteiger partial charge < -0.3 is 10.1 Å². The molecule has 0 bridgehead atoms. The van der Waals surface area contributed by atoms with Crippen LogP contribution in [0.3, 0.4) is 0 Å². The molecule has 0 aliphatic heterocycles. The van der Waals surface area contributed by atoms with E-state index in [0.717, 1.165) is 22.0 Å². The smallest absolute Gasteiger partial charge is 0.251 e. The monoisotopic (exact) mass is 203 g/mol. The molecule has 0 saturated heterocycles. The maximum Gasteiger partial charge on any atom is 0.251 e. The van der Waals surface area contributed by atoms with E-state index in [1.807, 2.05) is 13.0 Å². The van der Waals surface area contributed by atoms with Crippen LogP contribution in [0.5, 0.6) is 5.75 Å². The van der Waals surface area contributed by atoms with Gasteiger partial charge in [0.2, 0.25) is 0 Å². The Kier molecular flexibility index (Phi) is 2.03. The van der Waals surface area contributed by atoms with Crippen LogP contribution in [0.2, 0.25) is 0 Å². The molecular weight excluding hydrogens is 190 g/mol. The van der Waals surface area contributed by atoms with Crippen LogP contribution < -0.4 is 5.56 Å². The number of aromatic nitrogens is 1. The Morgan fingerprint density at radius 2 is 1.73 bits per heavy atom. The number of aromatic amines is 1. The van der Waals surface area contributed by atoms with Crippen LogP contribution in [0, 0.1) is 20.8 Å². The van der Waals surface area contributed by atoms with Gasteiger partial charge in [0.25, 0.3) is 5.56 Å². The molecule has 78 valence electrons. The van der Waals surface area contributed by atoms with Crippen molar-refractivity contribution in [3.05, 3.63) is 39.2 Å². The van der Waals surface area contributed by atoms with E-state index in [1.165, 1.54) is 0 Å². The third kappa shape index (κ3) is 1.31. The Hall–Kier alpha value is -1.77. The summed E-state index contributed by atoms with van der Waals surface area (Å²) < 4.78 is 0. The summed E-state index contributed by atoms with van der Waals surface area (Å²) in [7, 11) is 0. The molecule has 0 aliphatic carbocycles. The molecule has 0 atom stereocenters. The molecule has 2 rings (SSSR count). The lowest BCUT2D eigenvalue weighted by atomic mass is 10.0. The van der Waals surface area contributed by atoms with Gasteiger partial charge in [0.15, 0.2) is 0 Å². The van der Waals surface area contributed by atoms with Gasteiger partial charge in [0.1, 0.15) is 5.75 Å². The Morgan fingerprint density at radius 1 is 1.07 bits per heavy atom. The SMILES string of the molecule is Cc1c(C)c2ccc(O)c(C)c2[nH]c1=O. The third-order valence-corrected chi connectivity index (χ3v) is 2.98. The first-order valence-corrected chi connectivity index (χ1v) is 4.84. The number of aromatic hydroxyl groups is 1. The van der Waals surface area contributed by atoms with Crippen molar-refractivity contribution in [3.63, 3.8) is 0 Å². The molecule has 1 aromatic heterocycles. The Balaban J connectivity index is 3.05. The second-order valence-corrected chi connectivity index (χ2v) is 3.84. The highest BCUT2D eigenvalue weighted by atomic mass is 16.3. The lowest BCUT2D eigenvalue weighted by Gasteiger charge is -2.08. The van der Waals surface area contributed by atoms with Crippen LogP contribution in [0.1, 0.15) is 16.7 Å². The van der Waals surface area contributed by atoms with Crippen molar-refractivity contribution >= 4 is 10.9 Å². The number of pyridine rings is 1. The van der Waals surface area contributed by atoms with Gasteiger partial charge in [-0.05, 0) is 38.5 Å². The van der Waals surface area contributed by atoms with E-state index >= 15 is 0 Å². The van der Waals surface area contributed by atoms with E-state index in [0.29, 0.717) is 5.56 Å². The number of rotatable bonds is 0. The number of hydrogen-bond donors (Lipinski definition) is 2. The Labute approximate surface area is 87.4 Å². The minimum atomic E-state index is -0.0892. The van der Waals surface area contributed by atoms with Gasteiger partial charge >= 0.3 is 0 Å². The lowest BCUT2D eigenvalue weighted by molar-refractivity contribution is 0.472. The molecule has 0 fully saturated rings. The normalized spacial score (nSPS) is 10.9. The largest absolute Gasteiger partial charge is 0.508 e. The second kappa shape index (κ2) is 3.12. The van der Waals surface area contributed by atoms with Crippen LogP contribution in [-0.4, -0.2) is 10.1 Å². The number of hydrogen-bond acceptors (Lipinski definition) is 2. The molecule has 0 radical (unpaired) electrons. The molecule has 0 aliphatic rings. The highest BCUT2D eigenvalue weighted by molar-refractivity contribution is 5.87. The lowest BCUT2D eigenvalue weighted by Crippen LogP contribution is -2.11. The summed E-state index contributed by atoms with van der Waals surface area (Å²) in [6.07, 6.45) is 0. The zero-order valence-corrected chi connectivity index (χ0v) is 9.01. The minimum Gasteiger partial charge on any atom is -0.508 e. The van der Waals surface area contributed by atoms with Crippen molar-refractivity contribution in [1.82, 2.24) is 4.98 Å². The number of aryl methyl sites for hydroxylation is 2. The highest BCUT2D eigenvalue weighted by Crippen LogP contribution is 2.26. The van der Waals surface area contributed by atoms with E-state index in [1.54, 1.807) is 19.9 Å². The van der Waals surface area contributed by atoms with Crippen LogP contribution in [0.4, 0.5) is 0 Å². The fraction of sp³-hybridized carbons (Fsp3) is 0.250. The number of phenolic OH excluding ortho intramolecular Hbond substituents is 1. The summed E-state index contributed by atoms with van der Waals surface area (Å²) in [5, 5.41) is 10.5. The molecule has 1 aromatic carbocycles. The molecule has 0 spiro atoms. The van der Waals surface area contributed by atoms with Gasteiger partial charge in [-0.1, -0.05) is 0 Å². The van der Waals surface area contributed by atoms with Gasteiger partial charge in [-0.3, -0.25) is 4.79 Å². The molecule has 2 N–H and O–H groups in total. The average Bonchev–Trinajstić information content (AvgIpc) is 2.21. The van der Waals surface area contributed by atoms with Gasteiger partial charge in [-0.25, -0.2) is 0 Å². The molecule has 0 amide bonds. The maximum atomic E-state index is 11.6. The summed E-state index contributed by atoms with van der Waals surface area (Å²) >= 11 is 0. The topological polar surface area (TPSA) is 53.1 Å². The summed E-state index contributed by atoms with van der Waals surface area (Å²) in [5.74, 6) is 0.210. The van der Waals surface area contributed by atoms with Crippen LogP contribution in [-0.2, 0) is 0 Å². The highest BCUT2D eigenvalue weighted by Gasteiger charge is 2.08. The molecule has 2 aromatic rings. The number of fused-ring (bicyclic) bond motifs is 1. The van der Waals surface area contributed by atoms with E-state index in [9.17, 15) is 9.90 Å². The first kappa shape index (κ1) is 9.77. The Morgan fingerprint density at radius 3 is 2.40 bits per heavy atom. The van der Waals surface area contributed by atoms with Gasteiger partial charge in [-0.15, -0.1) is 0 Å². The van der Waals surface area contributed by atoms with Crippen molar-refractivity contribution in [3.8, 4) is 5.75 Å². The molecule has 15 heavy (non-hydrogen) atoms. The Bertz CT molecular complexity index is 597. The number of phenols is 1. The van der Waals surface area contributed by atoms with Crippen molar-refractivity contribution in [2.45, 2.75) is 20.8 Å². The van der Waals surface area contributed by atoms with Crippen molar-refractivity contribution < 1.29 is 5.11 Å². The summed E-state index contributed by atoms with van der Waals surface area (Å²) in [5.41, 5.74) is 3.05. The fourth-order valence-electron chi connectivity index (χ4n) is 1.75. The molecule has 3 heteroatoms. The predicted molar refractivity (Wildman–Crippen MR) is 60.4 cm³/mol. The molecular formula is C12H13NO2. The fourth-order valence-corrected chi connectivity index (χ4v) is 1.75. The first-order valence-electron chi connectivity index (χ1n) is 4.84. The van der Waals surface area contributed by atoms with Gasteiger partial charge in [0.05, 0.1) is 5.52 Å². The standard InChI is InChI=1S/C12H13NO2/c1-6-7(2)12(15)13-11-8(3)10(14)5-4-9(6)11/h4-5,14H,1-3H3,(H,13,15). The predicted octanol–water partition coefficient (Wildman–Crippen LogP) is 2.16. The zero-order valence-electron chi connectivity index (χ0n) is 9.01. The van der Waals surface area contributed by atoms with Gasteiger partial charge in [-0.2, -0.15) is 0 Å². The van der Waals surface area contributed by atoms with Crippen molar-refractivity contribution in [2.24, 2.45) is 0 Å². The van der Waals surface area contributed by atoms with Crippen LogP contribution in [0.25, 0.3) is 10.9 Å². The molecule has 0 unspecified atom stereocenters. The second-order valence-electron chi connectivity index (χ2n) is 3.84. The number of H-pyrrole nitrogens is 1. The van der Waals surface area contributed by atoms with E-state index in [-0.39, 0.29) is 11.3 Å². The van der Waals surface area contributed by atoms with Crippen molar-refractivity contribution in [1.29, 1.82) is 0 Å². The molecule has 1 heterocycles. The van der Waals surface area contributed by atoms with E-state index in [2.05, 4.69) is 4.98 Å². The summed E-state index contributed by atoms with van der Waals surface area (Å²) in [6, 6.07) is 3.48. The van der Waals surface area contributed by atoms with Gasteiger partial charge in [0, 0.05) is 16.5 Å². The van der Waals surface area contributed by atoms with Crippen LogP contribution in [0.15, 0.2) is 16.9 Å². The minimum absolute atomic E-state index is 0.0892. The van der Waals surface area contributed by atoms with E-state index < -0.39 is 0 Å². The quantitative estimate of drug-likeness (QED) is 0.689. The molecule has 3 nitrogen and oxygen atoms in total. The zero-order chi connectivity index (χ0) is 11.2. The van der Waals surface area contributed by atoms with Crippen LogP contribution >= 0.6 is 0 Å².